The van der Waals surface area contributed by atoms with E-state index in [0.717, 1.165) is 39.5 Å². The summed E-state index contributed by atoms with van der Waals surface area (Å²) >= 11 is 0. The van der Waals surface area contributed by atoms with E-state index in [9.17, 15) is 4.79 Å². The fourth-order valence-corrected chi connectivity index (χ4v) is 3.24. The predicted octanol–water partition coefficient (Wildman–Crippen LogP) is 4.07. The molecule has 4 aromatic rings. The number of aliphatic imine (C=N–C) groups is 1. The number of hydrogen-bond donors (Lipinski definition) is 2. The van der Waals surface area contributed by atoms with Crippen molar-refractivity contribution in [3.05, 3.63) is 78.3 Å². The van der Waals surface area contributed by atoms with Crippen LogP contribution < -0.4 is 5.32 Å². The second-order valence-electron chi connectivity index (χ2n) is 6.32. The number of carbonyl (C=O) groups excluding carboxylic acids is 1. The number of allylic oxidation sites excluding steroid dienone is 1. The zero-order chi connectivity index (χ0) is 18.2. The van der Waals surface area contributed by atoms with Crippen LogP contribution in [-0.4, -0.2) is 26.6 Å². The Kier molecular flexibility index (Phi) is 3.53. The van der Waals surface area contributed by atoms with E-state index in [-0.39, 0.29) is 5.91 Å². The molecule has 2 aromatic carbocycles. The van der Waals surface area contributed by atoms with E-state index >= 15 is 0 Å². The lowest BCUT2D eigenvalue weighted by atomic mass is 10.1. The Balaban J connectivity index is 1.46. The van der Waals surface area contributed by atoms with Gasteiger partial charge in [-0.1, -0.05) is 42.5 Å². The number of pyridine rings is 1. The molecular weight excluding hydrogens is 338 g/mol. The molecule has 0 radical (unpaired) electrons. The van der Waals surface area contributed by atoms with Gasteiger partial charge in [0.1, 0.15) is 5.69 Å². The molecule has 0 spiro atoms. The number of rotatable bonds is 3. The minimum atomic E-state index is -0.304. The molecule has 1 aliphatic rings. The molecule has 0 atom stereocenters. The third-order valence-corrected chi connectivity index (χ3v) is 4.57. The molecule has 0 fully saturated rings. The number of aromatic amines is 1. The molecular formula is C21H15N5O. The summed E-state index contributed by atoms with van der Waals surface area (Å²) in [7, 11) is 0. The van der Waals surface area contributed by atoms with Gasteiger partial charge >= 0.3 is 0 Å². The summed E-state index contributed by atoms with van der Waals surface area (Å²) in [5.74, 6) is 0.0881. The normalized spacial score (nSPS) is 13.3. The minimum Gasteiger partial charge on any atom is -0.324 e. The lowest BCUT2D eigenvalue weighted by Crippen LogP contribution is -2.14. The third-order valence-electron chi connectivity index (χ3n) is 4.57. The van der Waals surface area contributed by atoms with Crippen LogP contribution in [-0.2, 0) is 0 Å². The molecule has 0 bridgehead atoms. The molecule has 0 saturated carbocycles. The van der Waals surface area contributed by atoms with E-state index in [4.69, 9.17) is 0 Å². The summed E-state index contributed by atoms with van der Waals surface area (Å²) < 4.78 is 0. The van der Waals surface area contributed by atoms with Crippen LogP contribution in [0.1, 0.15) is 22.5 Å². The summed E-state index contributed by atoms with van der Waals surface area (Å²) in [5.41, 5.74) is 3.93. The lowest BCUT2D eigenvalue weighted by molar-refractivity contribution is 0.102. The van der Waals surface area contributed by atoms with E-state index in [2.05, 4.69) is 25.3 Å². The first-order valence-electron chi connectivity index (χ1n) is 8.65. The van der Waals surface area contributed by atoms with Gasteiger partial charge in [0.15, 0.2) is 0 Å². The standard InChI is InChI=1S/C21H15N5O/c27-20(18-11-13-5-1-2-6-14(13)12-23-18)26-21-24-17-8-3-7-15(19(17)25-21)16-9-4-10-22-16/h1-8,10-12H,9H2,(H2,24,25,26,27). The van der Waals surface area contributed by atoms with E-state index < -0.39 is 0 Å². The van der Waals surface area contributed by atoms with Crippen LogP contribution >= 0.6 is 0 Å². The number of nitrogens with one attached hydrogen (secondary N) is 2. The number of H-pyrrole nitrogens is 1. The van der Waals surface area contributed by atoms with Crippen molar-refractivity contribution < 1.29 is 4.79 Å². The molecule has 0 aliphatic carbocycles. The molecule has 0 unspecified atom stereocenters. The van der Waals surface area contributed by atoms with Gasteiger partial charge < -0.3 is 4.98 Å². The Labute approximate surface area is 154 Å². The van der Waals surface area contributed by atoms with Crippen molar-refractivity contribution in [3.63, 3.8) is 0 Å². The van der Waals surface area contributed by atoms with Crippen molar-refractivity contribution in [2.45, 2.75) is 6.42 Å². The summed E-state index contributed by atoms with van der Waals surface area (Å²) in [6, 6.07) is 15.4. The van der Waals surface area contributed by atoms with Gasteiger partial charge in [0.25, 0.3) is 5.91 Å². The maximum Gasteiger partial charge on any atom is 0.276 e. The molecule has 5 rings (SSSR count). The number of aromatic nitrogens is 3. The van der Waals surface area contributed by atoms with Gasteiger partial charge in [-0.15, -0.1) is 0 Å². The maximum absolute atomic E-state index is 12.6. The first-order valence-corrected chi connectivity index (χ1v) is 8.65. The molecule has 2 N–H and O–H groups in total. The molecule has 130 valence electrons. The molecule has 2 aromatic heterocycles. The highest BCUT2D eigenvalue weighted by molar-refractivity contribution is 6.11. The number of anilines is 1. The summed E-state index contributed by atoms with van der Waals surface area (Å²) in [6.07, 6.45) is 6.30. The first kappa shape index (κ1) is 15.5. The Hall–Kier alpha value is -3.80. The number of hydrogen-bond acceptors (Lipinski definition) is 4. The van der Waals surface area contributed by atoms with Crippen molar-refractivity contribution in [2.24, 2.45) is 4.99 Å². The number of para-hydroxylation sites is 1. The second-order valence-corrected chi connectivity index (χ2v) is 6.32. The van der Waals surface area contributed by atoms with Gasteiger partial charge in [-0.05, 0) is 17.5 Å². The fourth-order valence-electron chi connectivity index (χ4n) is 3.24. The Morgan fingerprint density at radius 2 is 1.96 bits per heavy atom. The van der Waals surface area contributed by atoms with Gasteiger partial charge in [0.05, 0.1) is 16.7 Å². The van der Waals surface area contributed by atoms with Gasteiger partial charge in [0, 0.05) is 29.8 Å². The minimum absolute atomic E-state index is 0.304. The van der Waals surface area contributed by atoms with Crippen LogP contribution in [0.3, 0.4) is 0 Å². The Morgan fingerprint density at radius 3 is 2.81 bits per heavy atom. The smallest absolute Gasteiger partial charge is 0.276 e. The van der Waals surface area contributed by atoms with Gasteiger partial charge in [-0.2, -0.15) is 0 Å². The van der Waals surface area contributed by atoms with Crippen molar-refractivity contribution in [2.75, 3.05) is 5.32 Å². The fraction of sp³-hybridized carbons (Fsp3) is 0.0476. The van der Waals surface area contributed by atoms with Crippen LogP contribution in [0, 0.1) is 0 Å². The SMILES string of the molecule is O=C(Nc1nc2c(C3=NC=CC3)cccc2[nH]1)c1cc2ccccc2cn1. The van der Waals surface area contributed by atoms with Gasteiger partial charge in [-0.25, -0.2) is 4.98 Å². The van der Waals surface area contributed by atoms with E-state index in [1.807, 2.05) is 48.5 Å². The summed E-state index contributed by atoms with van der Waals surface area (Å²) in [4.78, 5) is 29.0. The molecule has 1 amide bonds. The zero-order valence-electron chi connectivity index (χ0n) is 14.3. The topological polar surface area (TPSA) is 83.0 Å². The molecule has 6 heteroatoms. The molecule has 0 saturated heterocycles. The predicted molar refractivity (Wildman–Crippen MR) is 106 cm³/mol. The largest absolute Gasteiger partial charge is 0.324 e. The van der Waals surface area contributed by atoms with Crippen LogP contribution in [0.4, 0.5) is 5.95 Å². The monoisotopic (exact) mass is 353 g/mol. The first-order chi connectivity index (χ1) is 13.3. The lowest BCUT2D eigenvalue weighted by Gasteiger charge is -2.03. The van der Waals surface area contributed by atoms with E-state index in [0.29, 0.717) is 11.6 Å². The zero-order valence-corrected chi connectivity index (χ0v) is 14.3. The quantitative estimate of drug-likeness (QED) is 0.582. The van der Waals surface area contributed by atoms with Crippen LogP contribution in [0.25, 0.3) is 21.8 Å². The Bertz CT molecular complexity index is 1250. The second kappa shape index (κ2) is 6.17. The molecule has 27 heavy (non-hydrogen) atoms. The molecule has 3 heterocycles. The van der Waals surface area contributed by atoms with E-state index in [1.54, 1.807) is 18.5 Å². The highest BCUT2D eigenvalue weighted by atomic mass is 16.2. The number of amides is 1. The van der Waals surface area contributed by atoms with Crippen molar-refractivity contribution in [1.82, 2.24) is 15.0 Å². The number of carbonyl (C=O) groups is 1. The van der Waals surface area contributed by atoms with Crippen molar-refractivity contribution in [1.29, 1.82) is 0 Å². The van der Waals surface area contributed by atoms with Crippen molar-refractivity contribution in [3.8, 4) is 0 Å². The number of benzene rings is 2. The van der Waals surface area contributed by atoms with Crippen LogP contribution in [0.15, 0.2) is 72.0 Å². The molecule has 6 nitrogen and oxygen atoms in total. The highest BCUT2D eigenvalue weighted by Crippen LogP contribution is 2.22. The Morgan fingerprint density at radius 1 is 1.07 bits per heavy atom. The van der Waals surface area contributed by atoms with E-state index in [1.165, 1.54) is 0 Å². The summed E-state index contributed by atoms with van der Waals surface area (Å²) in [6.45, 7) is 0. The maximum atomic E-state index is 12.6. The van der Waals surface area contributed by atoms with Gasteiger partial charge in [-0.3, -0.25) is 20.1 Å². The number of imidazole rings is 1. The summed E-state index contributed by atoms with van der Waals surface area (Å²) in [5, 5.41) is 4.77. The third kappa shape index (κ3) is 2.77. The highest BCUT2D eigenvalue weighted by Gasteiger charge is 2.15. The van der Waals surface area contributed by atoms with Gasteiger partial charge in [0.2, 0.25) is 5.95 Å². The number of fused-ring (bicyclic) bond motifs is 2. The van der Waals surface area contributed by atoms with Crippen LogP contribution in [0.5, 0.6) is 0 Å². The number of nitrogens with zero attached hydrogens (tertiary/aromatic N) is 3. The van der Waals surface area contributed by atoms with Crippen LogP contribution in [0.2, 0.25) is 0 Å². The van der Waals surface area contributed by atoms with Crippen molar-refractivity contribution >= 4 is 39.4 Å². The average Bonchev–Trinajstić information content (AvgIpc) is 3.36. The average molecular weight is 353 g/mol. The molecule has 1 aliphatic heterocycles.